The van der Waals surface area contributed by atoms with Gasteiger partial charge in [0.15, 0.2) is 0 Å². The van der Waals surface area contributed by atoms with Gasteiger partial charge in [0.2, 0.25) is 0 Å². The summed E-state index contributed by atoms with van der Waals surface area (Å²) in [4.78, 5) is 0. The number of allylic oxidation sites excluding steroid dienone is 4. The topological polar surface area (TPSA) is 0 Å². The zero-order chi connectivity index (χ0) is 4.41. The van der Waals surface area contributed by atoms with Crippen molar-refractivity contribution in [3.05, 3.63) is 21.6 Å². The van der Waals surface area contributed by atoms with Crippen LogP contribution in [0.5, 0.6) is 0 Å². The van der Waals surface area contributed by atoms with Gasteiger partial charge in [0.05, 0.1) is 0 Å². The summed E-state index contributed by atoms with van der Waals surface area (Å²) < 4.78 is 1.61. The molecular formula is C5H8ClHf-2. The van der Waals surface area contributed by atoms with E-state index in [1.165, 1.54) is 30.8 Å². The van der Waals surface area contributed by atoms with E-state index in [2.05, 4.69) is 18.2 Å². The third kappa shape index (κ3) is 2.45. The summed E-state index contributed by atoms with van der Waals surface area (Å²) in [5.74, 6) is 0. The van der Waals surface area contributed by atoms with E-state index in [1.807, 2.05) is 0 Å². The Balaban J connectivity index is -0.000000120. The standard InChI is InChI=1S/C5H5.ClH.Hf.2H/c1-2-4-5-3-1;;;;/h1-3H,4H2;1H;;;/q;;;2*-1. The third-order valence-corrected chi connectivity index (χ3v) is 2.10. The third-order valence-electron chi connectivity index (χ3n) is 0.771. The minimum atomic E-state index is 0. The molecule has 1 rings (SSSR count). The molecule has 0 heterocycles. The molecule has 0 fully saturated rings. The van der Waals surface area contributed by atoms with E-state index in [1.54, 1.807) is 3.33 Å². The van der Waals surface area contributed by atoms with Gasteiger partial charge < -0.3 is 2.85 Å². The fraction of sp³-hybridized carbons (Fsp3) is 0.200. The van der Waals surface area contributed by atoms with Gasteiger partial charge in [-0.05, 0) is 0 Å². The molecule has 0 amide bonds. The van der Waals surface area contributed by atoms with Gasteiger partial charge in [-0.2, -0.15) is 0 Å². The molecule has 0 radical (unpaired) electrons. The first-order chi connectivity index (χ1) is 2.89. The molecule has 0 aromatic carbocycles. The number of halogens is 1. The summed E-state index contributed by atoms with van der Waals surface area (Å²) in [5, 5.41) is 0. The second-order valence-corrected chi connectivity index (χ2v) is 3.63. The van der Waals surface area contributed by atoms with Gasteiger partial charge in [0, 0.05) is 0 Å². The first-order valence-electron chi connectivity index (χ1n) is 1.97. The summed E-state index contributed by atoms with van der Waals surface area (Å²) >= 11 is 1.25. The first-order valence-corrected chi connectivity index (χ1v) is 3.76. The summed E-state index contributed by atoms with van der Waals surface area (Å²) in [7, 11) is 0. The first kappa shape index (κ1) is 7.64. The van der Waals surface area contributed by atoms with Gasteiger partial charge in [0.1, 0.15) is 0 Å². The van der Waals surface area contributed by atoms with Crippen molar-refractivity contribution in [2.75, 3.05) is 0 Å². The number of hydrogen-bond acceptors (Lipinski definition) is 0. The van der Waals surface area contributed by atoms with E-state index in [9.17, 15) is 0 Å². The molecule has 0 bridgehead atoms. The van der Waals surface area contributed by atoms with Crippen LogP contribution in [-0.2, 0) is 24.4 Å². The second kappa shape index (κ2) is 3.62. The van der Waals surface area contributed by atoms with E-state index in [0.717, 1.165) is 0 Å². The van der Waals surface area contributed by atoms with Crippen molar-refractivity contribution in [3.8, 4) is 0 Å². The van der Waals surface area contributed by atoms with Gasteiger partial charge in [-0.1, -0.05) is 0 Å². The second-order valence-electron chi connectivity index (χ2n) is 1.32. The van der Waals surface area contributed by atoms with Crippen LogP contribution in [-0.4, -0.2) is 0 Å². The van der Waals surface area contributed by atoms with Crippen LogP contribution in [0.2, 0.25) is 0 Å². The normalized spacial score (nSPS) is 15.6. The van der Waals surface area contributed by atoms with Crippen LogP contribution in [0, 0.1) is 0 Å². The average Bonchev–Trinajstić information content (AvgIpc) is 1.86. The molecule has 0 spiro atoms. The predicted molar refractivity (Wildman–Crippen MR) is 31.3 cm³/mol. The molecule has 0 aromatic rings. The van der Waals surface area contributed by atoms with E-state index < -0.39 is 0 Å². The Morgan fingerprint density at radius 1 is 1.71 bits per heavy atom. The molecule has 0 saturated carbocycles. The Labute approximate surface area is 67.6 Å². The summed E-state index contributed by atoms with van der Waals surface area (Å²) in [6.45, 7) is 0. The molecular weight excluding hydrogens is 274 g/mol. The van der Waals surface area contributed by atoms with Gasteiger partial charge in [-0.3, -0.25) is 0 Å². The molecule has 7 heavy (non-hydrogen) atoms. The minimum absolute atomic E-state index is 0. The molecule has 0 aliphatic heterocycles. The van der Waals surface area contributed by atoms with Crippen molar-refractivity contribution < 1.29 is 27.2 Å². The fourth-order valence-electron chi connectivity index (χ4n) is 0.447. The monoisotopic (exact) mass is 283 g/mol. The molecule has 0 aromatic heterocycles. The summed E-state index contributed by atoms with van der Waals surface area (Å²) in [5.41, 5.74) is 0. The zero-order valence-corrected chi connectivity index (χ0v) is 8.26. The van der Waals surface area contributed by atoms with Crippen LogP contribution in [0.1, 0.15) is 9.27 Å². The van der Waals surface area contributed by atoms with Crippen LogP contribution in [0.4, 0.5) is 0 Å². The fourth-order valence-corrected chi connectivity index (χ4v) is 1.22. The average molecular weight is 282 g/mol. The molecule has 41 valence electrons. The van der Waals surface area contributed by atoms with Gasteiger partial charge in [-0.25, -0.2) is 0 Å². The van der Waals surface area contributed by atoms with Gasteiger partial charge >= 0.3 is 52.4 Å². The van der Waals surface area contributed by atoms with E-state index >= 15 is 0 Å². The van der Waals surface area contributed by atoms with E-state index in [-0.39, 0.29) is 15.3 Å². The van der Waals surface area contributed by atoms with Crippen LogP contribution < -0.4 is 0 Å². The number of hydrogen-bond donors (Lipinski definition) is 0. The molecule has 0 N–H and O–H groups in total. The predicted octanol–water partition coefficient (Wildman–Crippen LogP) is 2.02. The van der Waals surface area contributed by atoms with Crippen molar-refractivity contribution in [1.82, 2.24) is 0 Å². The molecule has 1 aliphatic carbocycles. The summed E-state index contributed by atoms with van der Waals surface area (Å²) in [6, 6.07) is 0. The quantitative estimate of drug-likeness (QED) is 0.596. The Bertz CT molecular complexity index is 112. The van der Waals surface area contributed by atoms with Crippen LogP contribution in [0.15, 0.2) is 21.6 Å². The Morgan fingerprint density at radius 2 is 2.43 bits per heavy atom. The molecule has 0 nitrogen and oxygen atoms in total. The van der Waals surface area contributed by atoms with E-state index in [0.29, 0.717) is 0 Å². The number of rotatable bonds is 0. The Kier molecular flexibility index (Phi) is 3.95. The molecule has 0 saturated heterocycles. The molecule has 0 unspecified atom stereocenters. The van der Waals surface area contributed by atoms with Crippen LogP contribution >= 0.6 is 12.4 Å². The molecule has 0 atom stereocenters. The van der Waals surface area contributed by atoms with Gasteiger partial charge in [0.25, 0.3) is 0 Å². The molecule has 1 aliphatic rings. The van der Waals surface area contributed by atoms with E-state index in [4.69, 9.17) is 0 Å². The maximum atomic E-state index is 2.20. The van der Waals surface area contributed by atoms with Crippen molar-refractivity contribution in [1.29, 1.82) is 0 Å². The maximum absolute atomic E-state index is 2.20. The van der Waals surface area contributed by atoms with Crippen LogP contribution in [0.3, 0.4) is 0 Å². The SMILES string of the molecule is Cl.[H-].[H-].[Hf][C]1=CC=CC1. The summed E-state index contributed by atoms with van der Waals surface area (Å²) in [6.07, 6.45) is 7.75. The van der Waals surface area contributed by atoms with Crippen molar-refractivity contribution >= 4 is 12.4 Å². The van der Waals surface area contributed by atoms with Crippen molar-refractivity contribution in [2.45, 2.75) is 6.42 Å². The van der Waals surface area contributed by atoms with Crippen molar-refractivity contribution in [3.63, 3.8) is 0 Å². The van der Waals surface area contributed by atoms with Crippen LogP contribution in [0.25, 0.3) is 0 Å². The zero-order valence-electron chi connectivity index (χ0n) is 5.85. The van der Waals surface area contributed by atoms with Gasteiger partial charge in [-0.15, -0.1) is 12.4 Å². The molecule has 2 heteroatoms. The Morgan fingerprint density at radius 3 is 2.57 bits per heavy atom. The van der Waals surface area contributed by atoms with Crippen molar-refractivity contribution in [2.24, 2.45) is 0 Å². The Hall–Kier alpha value is 0.640.